The van der Waals surface area contributed by atoms with Gasteiger partial charge in [0.15, 0.2) is 12.4 Å². The van der Waals surface area contributed by atoms with Gasteiger partial charge >= 0.3 is 0 Å². The fourth-order valence-corrected chi connectivity index (χ4v) is 3.11. The van der Waals surface area contributed by atoms with Crippen LogP contribution in [0.25, 0.3) is 22.3 Å². The lowest BCUT2D eigenvalue weighted by Gasteiger charge is -2.09. The van der Waals surface area contributed by atoms with Crippen LogP contribution in [-0.4, -0.2) is 0 Å². The molecule has 5 heteroatoms. The fourth-order valence-electron chi connectivity index (χ4n) is 2.42. The summed E-state index contributed by atoms with van der Waals surface area (Å²) < 4.78 is 1.98. The molecule has 1 nitrogen and oxygen atoms in total. The first-order valence-corrected chi connectivity index (χ1v) is 7.88. The zero-order valence-corrected chi connectivity index (χ0v) is 16.7. The molecule has 0 atom stereocenters. The normalized spacial score (nSPS) is 10.3. The molecule has 23 heavy (non-hydrogen) atoms. The summed E-state index contributed by atoms with van der Waals surface area (Å²) in [5, 5.41) is 2.05. The molecule has 0 bridgehead atoms. The van der Waals surface area contributed by atoms with Gasteiger partial charge in [-0.2, -0.15) is 0 Å². The Morgan fingerprint density at radius 2 is 1.17 bits per heavy atom. The van der Waals surface area contributed by atoms with E-state index in [4.69, 9.17) is 34.8 Å². The molecule has 0 spiro atoms. The van der Waals surface area contributed by atoms with Gasteiger partial charge in [-0.05, 0) is 35.4 Å². The van der Waals surface area contributed by atoms with E-state index < -0.39 is 0 Å². The predicted octanol–water partition coefficient (Wildman–Crippen LogP) is 2.81. The SMILES string of the molecule is C[n+]1cc(-c2cccc(Cl)c2)c(Cl)c(-c2cccc(Cl)c2)c1.[I-]. The molecule has 0 unspecified atom stereocenters. The van der Waals surface area contributed by atoms with Gasteiger partial charge in [-0.15, -0.1) is 0 Å². The molecule has 1 heterocycles. The number of hydrogen-bond donors (Lipinski definition) is 0. The number of rotatable bonds is 2. The molecule has 3 rings (SSSR count). The molecule has 0 saturated heterocycles. The van der Waals surface area contributed by atoms with Crippen molar-refractivity contribution in [2.75, 3.05) is 0 Å². The Kier molecular flexibility index (Phi) is 6.32. The van der Waals surface area contributed by atoms with Crippen molar-refractivity contribution >= 4 is 34.8 Å². The number of benzene rings is 2. The number of aryl methyl sites for hydroxylation is 1. The lowest BCUT2D eigenvalue weighted by Crippen LogP contribution is -3.00. The Morgan fingerprint density at radius 3 is 1.57 bits per heavy atom. The summed E-state index contributed by atoms with van der Waals surface area (Å²) in [7, 11) is 1.97. The number of aromatic nitrogens is 1. The fraction of sp³-hybridized carbons (Fsp3) is 0.0556. The zero-order chi connectivity index (χ0) is 15.7. The third-order valence-electron chi connectivity index (χ3n) is 3.41. The van der Waals surface area contributed by atoms with Crippen LogP contribution in [0.4, 0.5) is 0 Å². The van der Waals surface area contributed by atoms with Crippen molar-refractivity contribution in [3.8, 4) is 22.3 Å². The Bertz CT molecular complexity index is 783. The van der Waals surface area contributed by atoms with Crippen molar-refractivity contribution in [3.05, 3.63) is 76.0 Å². The van der Waals surface area contributed by atoms with Crippen molar-refractivity contribution in [2.24, 2.45) is 7.05 Å². The van der Waals surface area contributed by atoms with Crippen LogP contribution in [0.1, 0.15) is 0 Å². The Labute approximate surface area is 167 Å². The predicted molar refractivity (Wildman–Crippen MR) is 93.5 cm³/mol. The monoisotopic (exact) mass is 475 g/mol. The number of nitrogens with zero attached hydrogens (tertiary/aromatic N) is 1. The second kappa shape index (κ2) is 7.84. The highest BCUT2D eigenvalue weighted by Gasteiger charge is 2.16. The van der Waals surface area contributed by atoms with E-state index in [0.29, 0.717) is 15.1 Å². The lowest BCUT2D eigenvalue weighted by atomic mass is 10.0. The Hall–Kier alpha value is -0.810. The van der Waals surface area contributed by atoms with Gasteiger partial charge in [-0.3, -0.25) is 0 Å². The summed E-state index contributed by atoms with van der Waals surface area (Å²) in [5.74, 6) is 0. The maximum atomic E-state index is 6.65. The highest BCUT2D eigenvalue weighted by molar-refractivity contribution is 6.36. The zero-order valence-electron chi connectivity index (χ0n) is 12.2. The van der Waals surface area contributed by atoms with Crippen molar-refractivity contribution in [2.45, 2.75) is 0 Å². The number of hydrogen-bond acceptors (Lipinski definition) is 0. The average molecular weight is 477 g/mol. The lowest BCUT2D eigenvalue weighted by molar-refractivity contribution is -0.670. The van der Waals surface area contributed by atoms with Gasteiger partial charge in [0.05, 0.1) is 16.1 Å². The highest BCUT2D eigenvalue weighted by Crippen LogP contribution is 2.36. The van der Waals surface area contributed by atoms with E-state index in [-0.39, 0.29) is 24.0 Å². The molecule has 0 saturated carbocycles. The first-order valence-electron chi connectivity index (χ1n) is 6.75. The minimum atomic E-state index is 0. The Balaban J connectivity index is 0.00000192. The van der Waals surface area contributed by atoms with Gasteiger partial charge in [0.2, 0.25) is 0 Å². The molecule has 0 radical (unpaired) electrons. The van der Waals surface area contributed by atoms with Crippen LogP contribution < -0.4 is 28.5 Å². The van der Waals surface area contributed by atoms with E-state index in [1.54, 1.807) is 0 Å². The van der Waals surface area contributed by atoms with E-state index in [1.807, 2.05) is 72.5 Å². The van der Waals surface area contributed by atoms with E-state index >= 15 is 0 Å². The summed E-state index contributed by atoms with van der Waals surface area (Å²) in [6.07, 6.45) is 3.98. The second-order valence-corrected chi connectivity index (χ2v) is 6.34. The maximum Gasteiger partial charge on any atom is 0.177 e. The Morgan fingerprint density at radius 1 is 0.739 bits per heavy atom. The molecular weight excluding hydrogens is 463 g/mol. The quantitative estimate of drug-likeness (QED) is 0.396. The molecule has 3 aromatic rings. The van der Waals surface area contributed by atoms with Gasteiger partial charge < -0.3 is 24.0 Å². The molecule has 0 fully saturated rings. The molecule has 2 aromatic carbocycles. The summed E-state index contributed by atoms with van der Waals surface area (Å²) in [6, 6.07) is 15.3. The smallest absolute Gasteiger partial charge is 0.177 e. The van der Waals surface area contributed by atoms with Crippen molar-refractivity contribution in [1.29, 1.82) is 0 Å². The van der Waals surface area contributed by atoms with Crippen LogP contribution in [0.3, 0.4) is 0 Å². The molecule has 118 valence electrons. The van der Waals surface area contributed by atoms with Crippen LogP contribution in [-0.2, 0) is 7.05 Å². The summed E-state index contributed by atoms with van der Waals surface area (Å²) in [5.41, 5.74) is 3.84. The molecule has 0 amide bonds. The first-order chi connectivity index (χ1) is 10.5. The van der Waals surface area contributed by atoms with E-state index in [2.05, 4.69) is 0 Å². The van der Waals surface area contributed by atoms with Gasteiger partial charge in [0, 0.05) is 10.0 Å². The number of pyridine rings is 1. The molecular formula is C18H13Cl3IN. The molecule has 0 aliphatic carbocycles. The van der Waals surface area contributed by atoms with Gasteiger partial charge in [0.1, 0.15) is 7.05 Å². The largest absolute Gasteiger partial charge is 1.00 e. The van der Waals surface area contributed by atoms with E-state index in [9.17, 15) is 0 Å². The second-order valence-electron chi connectivity index (χ2n) is 5.09. The van der Waals surface area contributed by atoms with Gasteiger partial charge in [-0.1, -0.05) is 59.1 Å². The van der Waals surface area contributed by atoms with E-state index in [0.717, 1.165) is 22.3 Å². The van der Waals surface area contributed by atoms with Crippen LogP contribution in [0.15, 0.2) is 60.9 Å². The van der Waals surface area contributed by atoms with Crippen molar-refractivity contribution < 1.29 is 28.5 Å². The summed E-state index contributed by atoms with van der Waals surface area (Å²) >= 11 is 18.8. The van der Waals surface area contributed by atoms with Crippen molar-refractivity contribution in [1.82, 2.24) is 0 Å². The third-order valence-corrected chi connectivity index (χ3v) is 4.29. The molecule has 0 aliphatic heterocycles. The van der Waals surface area contributed by atoms with E-state index in [1.165, 1.54) is 0 Å². The average Bonchev–Trinajstić information content (AvgIpc) is 2.49. The van der Waals surface area contributed by atoms with Crippen LogP contribution in [0.2, 0.25) is 15.1 Å². The first kappa shape index (κ1) is 18.5. The molecule has 0 N–H and O–H groups in total. The third kappa shape index (κ3) is 4.18. The topological polar surface area (TPSA) is 3.88 Å². The van der Waals surface area contributed by atoms with Crippen molar-refractivity contribution in [3.63, 3.8) is 0 Å². The van der Waals surface area contributed by atoms with Crippen LogP contribution >= 0.6 is 34.8 Å². The highest BCUT2D eigenvalue weighted by atomic mass is 127. The maximum absolute atomic E-state index is 6.65. The van der Waals surface area contributed by atoms with Crippen LogP contribution in [0.5, 0.6) is 0 Å². The minimum Gasteiger partial charge on any atom is -1.00 e. The summed E-state index contributed by atoms with van der Waals surface area (Å²) in [4.78, 5) is 0. The minimum absolute atomic E-state index is 0. The van der Waals surface area contributed by atoms with Crippen LogP contribution in [0, 0.1) is 0 Å². The standard InChI is InChI=1S/C18H13Cl3N.HI/c1-22-10-16(12-4-2-6-14(19)8-12)18(21)17(11-22)13-5-3-7-15(20)9-13;/h2-11H,1H3;1H/q+1;/p-1. The molecule has 0 aliphatic rings. The van der Waals surface area contributed by atoms with Gasteiger partial charge in [-0.25, -0.2) is 4.57 Å². The summed E-state index contributed by atoms with van der Waals surface area (Å²) in [6.45, 7) is 0. The van der Waals surface area contributed by atoms with Gasteiger partial charge in [0.25, 0.3) is 0 Å². The number of halogens is 4. The molecule has 1 aromatic heterocycles.